The molecule has 0 saturated carbocycles. The van der Waals surface area contributed by atoms with Gasteiger partial charge in [0.25, 0.3) is 11.6 Å². The molecule has 1 heterocycles. The summed E-state index contributed by atoms with van der Waals surface area (Å²) in [4.78, 5) is 22.5. The summed E-state index contributed by atoms with van der Waals surface area (Å²) in [6, 6.07) is 14.2. The Bertz CT molecular complexity index is 906. The van der Waals surface area contributed by atoms with Crippen molar-refractivity contribution in [1.29, 1.82) is 0 Å². The Kier molecular flexibility index (Phi) is 4.26. The van der Waals surface area contributed by atoms with Crippen LogP contribution in [0.25, 0.3) is 11.3 Å². The van der Waals surface area contributed by atoms with Crippen LogP contribution < -0.4 is 5.32 Å². The Morgan fingerprint density at radius 3 is 2.62 bits per heavy atom. The quantitative estimate of drug-likeness (QED) is 0.554. The Balaban J connectivity index is 1.78. The van der Waals surface area contributed by atoms with E-state index in [9.17, 15) is 14.9 Å². The van der Waals surface area contributed by atoms with Crippen LogP contribution in [-0.2, 0) is 0 Å². The summed E-state index contributed by atoms with van der Waals surface area (Å²) >= 11 is 5.79. The van der Waals surface area contributed by atoms with Gasteiger partial charge in [-0.1, -0.05) is 23.7 Å². The summed E-state index contributed by atoms with van der Waals surface area (Å²) in [5.41, 5.74) is 1.59. The molecule has 8 heteroatoms. The van der Waals surface area contributed by atoms with E-state index in [-0.39, 0.29) is 11.6 Å². The van der Waals surface area contributed by atoms with Crippen LogP contribution in [0.1, 0.15) is 10.4 Å². The first kappa shape index (κ1) is 15.7. The van der Waals surface area contributed by atoms with Crippen molar-refractivity contribution in [1.82, 2.24) is 10.2 Å². The maximum Gasteiger partial charge on any atom is 0.270 e. The van der Waals surface area contributed by atoms with Crippen LogP contribution in [0.4, 0.5) is 11.5 Å². The number of aromatic amines is 1. The molecule has 3 aromatic rings. The first-order chi connectivity index (χ1) is 11.5. The smallest absolute Gasteiger partial charge is 0.270 e. The summed E-state index contributed by atoms with van der Waals surface area (Å²) in [5, 5.41) is 20.8. The van der Waals surface area contributed by atoms with Gasteiger partial charge in [0.1, 0.15) is 0 Å². The van der Waals surface area contributed by atoms with E-state index < -0.39 is 4.92 Å². The second-order valence-corrected chi connectivity index (χ2v) is 5.37. The number of hydrogen-bond acceptors (Lipinski definition) is 4. The number of H-pyrrole nitrogens is 1. The van der Waals surface area contributed by atoms with Crippen molar-refractivity contribution >= 4 is 29.0 Å². The van der Waals surface area contributed by atoms with Crippen LogP contribution in [-0.4, -0.2) is 21.0 Å². The number of nitro groups is 1. The second-order valence-electron chi connectivity index (χ2n) is 4.94. The Labute approximate surface area is 141 Å². The van der Waals surface area contributed by atoms with E-state index in [1.807, 2.05) is 0 Å². The molecular weight excluding hydrogens is 332 g/mol. The Morgan fingerprint density at radius 2 is 1.92 bits per heavy atom. The highest BCUT2D eigenvalue weighted by Crippen LogP contribution is 2.24. The van der Waals surface area contributed by atoms with Gasteiger partial charge in [-0.05, 0) is 24.3 Å². The predicted octanol–water partition coefficient (Wildman–Crippen LogP) is 3.89. The van der Waals surface area contributed by atoms with Gasteiger partial charge in [-0.2, -0.15) is 5.10 Å². The average molecular weight is 343 g/mol. The number of amides is 1. The third kappa shape index (κ3) is 3.41. The van der Waals surface area contributed by atoms with Gasteiger partial charge in [-0.3, -0.25) is 20.0 Å². The lowest BCUT2D eigenvalue weighted by Gasteiger charge is -2.01. The van der Waals surface area contributed by atoms with Gasteiger partial charge in [-0.25, -0.2) is 0 Å². The third-order valence-corrected chi connectivity index (χ3v) is 3.55. The summed E-state index contributed by atoms with van der Waals surface area (Å²) in [7, 11) is 0. The minimum atomic E-state index is -0.469. The van der Waals surface area contributed by atoms with Gasteiger partial charge in [0.05, 0.1) is 10.6 Å². The number of anilines is 1. The maximum absolute atomic E-state index is 12.1. The number of carbonyl (C=O) groups excluding carboxylic acids is 1. The van der Waals surface area contributed by atoms with Crippen molar-refractivity contribution in [3.8, 4) is 11.3 Å². The van der Waals surface area contributed by atoms with E-state index >= 15 is 0 Å². The molecule has 0 saturated heterocycles. The Hall–Kier alpha value is -3.19. The summed E-state index contributed by atoms with van der Waals surface area (Å²) in [6.07, 6.45) is 0. The Morgan fingerprint density at radius 1 is 1.17 bits per heavy atom. The molecule has 3 rings (SSSR count). The summed E-state index contributed by atoms with van der Waals surface area (Å²) in [5.74, 6) is -0.0137. The molecule has 0 atom stereocenters. The highest BCUT2D eigenvalue weighted by Gasteiger charge is 2.11. The molecule has 120 valence electrons. The van der Waals surface area contributed by atoms with E-state index in [2.05, 4.69) is 15.5 Å². The number of halogens is 1. The molecular formula is C16H11ClN4O3. The van der Waals surface area contributed by atoms with Crippen LogP contribution in [0, 0.1) is 10.1 Å². The lowest BCUT2D eigenvalue weighted by atomic mass is 10.1. The molecule has 0 aliphatic carbocycles. The fraction of sp³-hybridized carbons (Fsp3) is 0. The number of non-ortho nitro benzene ring substituents is 1. The molecule has 0 spiro atoms. The first-order valence-electron chi connectivity index (χ1n) is 6.90. The molecule has 1 amide bonds. The van der Waals surface area contributed by atoms with Crippen LogP contribution in [0.2, 0.25) is 5.02 Å². The number of nitro benzene ring substituents is 1. The number of rotatable bonds is 4. The monoisotopic (exact) mass is 342 g/mol. The van der Waals surface area contributed by atoms with Crippen LogP contribution in [0.3, 0.4) is 0 Å². The molecule has 7 nitrogen and oxygen atoms in total. The summed E-state index contributed by atoms with van der Waals surface area (Å²) in [6.45, 7) is 0. The largest absolute Gasteiger partial charge is 0.305 e. The van der Waals surface area contributed by atoms with Gasteiger partial charge in [0, 0.05) is 34.3 Å². The van der Waals surface area contributed by atoms with Crippen molar-refractivity contribution in [2.24, 2.45) is 0 Å². The highest BCUT2D eigenvalue weighted by atomic mass is 35.5. The van der Waals surface area contributed by atoms with E-state index in [0.717, 1.165) is 0 Å². The van der Waals surface area contributed by atoms with Crippen LogP contribution in [0.15, 0.2) is 54.6 Å². The zero-order chi connectivity index (χ0) is 17.1. The molecule has 2 aromatic carbocycles. The lowest BCUT2D eigenvalue weighted by Crippen LogP contribution is -2.11. The van der Waals surface area contributed by atoms with Gasteiger partial charge in [0.15, 0.2) is 5.82 Å². The van der Waals surface area contributed by atoms with Crippen molar-refractivity contribution in [2.45, 2.75) is 0 Å². The molecule has 2 N–H and O–H groups in total. The van der Waals surface area contributed by atoms with E-state index in [4.69, 9.17) is 11.6 Å². The zero-order valence-corrected chi connectivity index (χ0v) is 12.9. The van der Waals surface area contributed by atoms with Gasteiger partial charge >= 0.3 is 0 Å². The molecule has 0 aliphatic rings. The summed E-state index contributed by atoms with van der Waals surface area (Å²) < 4.78 is 0. The molecule has 0 fully saturated rings. The fourth-order valence-electron chi connectivity index (χ4n) is 2.11. The van der Waals surface area contributed by atoms with E-state index in [1.165, 1.54) is 12.1 Å². The number of nitrogens with one attached hydrogen (secondary N) is 2. The van der Waals surface area contributed by atoms with Crippen LogP contribution >= 0.6 is 11.6 Å². The van der Waals surface area contributed by atoms with Crippen molar-refractivity contribution in [3.63, 3.8) is 0 Å². The topological polar surface area (TPSA) is 101 Å². The predicted molar refractivity (Wildman–Crippen MR) is 90.1 cm³/mol. The van der Waals surface area contributed by atoms with Crippen molar-refractivity contribution in [3.05, 3.63) is 75.3 Å². The highest BCUT2D eigenvalue weighted by molar-refractivity contribution is 6.30. The molecule has 24 heavy (non-hydrogen) atoms. The zero-order valence-electron chi connectivity index (χ0n) is 12.2. The maximum atomic E-state index is 12.1. The SMILES string of the molecule is O=C(Nc1cc(-c2cccc([N+](=O)[O-])c2)[nH]n1)c1ccc(Cl)cc1. The number of aromatic nitrogens is 2. The van der Waals surface area contributed by atoms with Crippen molar-refractivity contribution in [2.75, 3.05) is 5.32 Å². The minimum Gasteiger partial charge on any atom is -0.305 e. The number of carbonyl (C=O) groups is 1. The average Bonchev–Trinajstić information content (AvgIpc) is 3.04. The van der Waals surface area contributed by atoms with Crippen LogP contribution in [0.5, 0.6) is 0 Å². The number of benzene rings is 2. The van der Waals surface area contributed by atoms with Gasteiger partial charge in [-0.15, -0.1) is 0 Å². The first-order valence-corrected chi connectivity index (χ1v) is 7.28. The van der Waals surface area contributed by atoms with E-state index in [1.54, 1.807) is 42.5 Å². The fourth-order valence-corrected chi connectivity index (χ4v) is 2.24. The van der Waals surface area contributed by atoms with Gasteiger partial charge in [0.2, 0.25) is 0 Å². The molecule has 0 unspecified atom stereocenters. The molecule has 0 bridgehead atoms. The standard InChI is InChI=1S/C16H11ClN4O3/c17-12-6-4-10(5-7-12)16(22)18-15-9-14(19-20-15)11-2-1-3-13(8-11)21(23)24/h1-9H,(H2,18,19,20,22). The van der Waals surface area contributed by atoms with Crippen molar-refractivity contribution < 1.29 is 9.72 Å². The van der Waals surface area contributed by atoms with Gasteiger partial charge < -0.3 is 5.32 Å². The normalized spacial score (nSPS) is 10.4. The molecule has 0 radical (unpaired) electrons. The minimum absolute atomic E-state index is 0.0196. The number of nitrogens with zero attached hydrogens (tertiary/aromatic N) is 2. The molecule has 1 aromatic heterocycles. The second kappa shape index (κ2) is 6.51. The lowest BCUT2D eigenvalue weighted by molar-refractivity contribution is -0.384. The molecule has 0 aliphatic heterocycles. The van der Waals surface area contributed by atoms with E-state index in [0.29, 0.717) is 27.7 Å². The third-order valence-electron chi connectivity index (χ3n) is 3.29. The number of hydrogen-bond donors (Lipinski definition) is 2.